The Morgan fingerprint density at radius 2 is 1.12 bits per heavy atom. The third-order valence-electron chi connectivity index (χ3n) is 5.77. The van der Waals surface area contributed by atoms with Gasteiger partial charge in [-0.05, 0) is 12.8 Å². The second kappa shape index (κ2) is 2.90. The van der Waals surface area contributed by atoms with Crippen LogP contribution in [0.5, 0.6) is 0 Å². The highest BCUT2D eigenvalue weighted by molar-refractivity contribution is 7.42. The second-order valence-corrected chi connectivity index (χ2v) is 10.1. The topological polar surface area (TPSA) is 60.7 Å². The Morgan fingerprint density at radius 1 is 0.765 bits per heavy atom. The summed E-state index contributed by atoms with van der Waals surface area (Å²) >= 11 is 0. The van der Waals surface area contributed by atoms with Gasteiger partial charge in [-0.3, -0.25) is 0 Å². The largest absolute Gasteiger partial charge is 0.392 e. The molecule has 0 aromatic carbocycles. The molecule has 4 fully saturated rings. The molecule has 2 saturated heterocycles. The molecule has 2 saturated carbocycles. The van der Waals surface area contributed by atoms with Crippen molar-refractivity contribution in [3.8, 4) is 0 Å². The standard InChI is InChI=1S/C13H23O3P/c1-10-5-12(3)9(16)11(2,7(10)14)6-13(4,17-12)8(10)15/h7-9,14-17H,5-6H2,1-4H3. The molecule has 0 amide bonds. The van der Waals surface area contributed by atoms with E-state index in [9.17, 15) is 15.3 Å². The maximum absolute atomic E-state index is 10.6. The minimum absolute atomic E-state index is 0.130. The van der Waals surface area contributed by atoms with E-state index in [-0.39, 0.29) is 10.3 Å². The zero-order valence-electron chi connectivity index (χ0n) is 11.0. The monoisotopic (exact) mass is 258 g/mol. The summed E-state index contributed by atoms with van der Waals surface area (Å²) in [5, 5.41) is 31.5. The second-order valence-electron chi connectivity index (χ2n) is 7.53. The molecule has 0 spiro atoms. The van der Waals surface area contributed by atoms with Crippen molar-refractivity contribution in [2.24, 2.45) is 10.8 Å². The van der Waals surface area contributed by atoms with Crippen molar-refractivity contribution in [3.63, 3.8) is 0 Å². The molecule has 0 aromatic heterocycles. The van der Waals surface area contributed by atoms with Crippen LogP contribution in [-0.4, -0.2) is 43.9 Å². The molecule has 2 aliphatic heterocycles. The van der Waals surface area contributed by atoms with Crippen LogP contribution < -0.4 is 0 Å². The fraction of sp³-hybridized carbons (Fsp3) is 1.00. The third-order valence-corrected chi connectivity index (χ3v) is 7.82. The van der Waals surface area contributed by atoms with Crippen molar-refractivity contribution < 1.29 is 15.3 Å². The van der Waals surface area contributed by atoms with Gasteiger partial charge in [0, 0.05) is 21.1 Å². The highest BCUT2D eigenvalue weighted by Gasteiger charge is 2.75. The van der Waals surface area contributed by atoms with Gasteiger partial charge in [0.1, 0.15) is 0 Å². The Balaban J connectivity index is 2.20. The smallest absolute Gasteiger partial charge is 0.0709 e. The molecule has 98 valence electrons. The minimum Gasteiger partial charge on any atom is -0.392 e. The molecule has 3 N–H and O–H groups in total. The zero-order chi connectivity index (χ0) is 12.9. The lowest BCUT2D eigenvalue weighted by atomic mass is 9.46. The predicted octanol–water partition coefficient (Wildman–Crippen LogP) is 1.10. The van der Waals surface area contributed by atoms with Crippen LogP contribution in [0.2, 0.25) is 0 Å². The van der Waals surface area contributed by atoms with E-state index in [1.165, 1.54) is 0 Å². The molecule has 4 rings (SSSR count). The van der Waals surface area contributed by atoms with Crippen LogP contribution in [0, 0.1) is 10.8 Å². The molecular formula is C13H23O3P. The summed E-state index contributed by atoms with van der Waals surface area (Å²) in [7, 11) is 0.576. The van der Waals surface area contributed by atoms with Gasteiger partial charge in [0.05, 0.1) is 18.3 Å². The zero-order valence-corrected chi connectivity index (χ0v) is 12.0. The van der Waals surface area contributed by atoms with Gasteiger partial charge in [-0.1, -0.05) is 27.7 Å². The molecule has 4 heteroatoms. The van der Waals surface area contributed by atoms with Crippen LogP contribution >= 0.6 is 8.58 Å². The summed E-state index contributed by atoms with van der Waals surface area (Å²) < 4.78 is 0. The highest BCUT2D eigenvalue weighted by atomic mass is 31.1. The van der Waals surface area contributed by atoms with Crippen LogP contribution in [0.15, 0.2) is 0 Å². The molecule has 6 atom stereocenters. The molecule has 2 heterocycles. The summed E-state index contributed by atoms with van der Waals surface area (Å²) in [5.74, 6) is 0. The Kier molecular flexibility index (Phi) is 2.11. The normalized spacial score (nSPS) is 71.1. The first-order valence-electron chi connectivity index (χ1n) is 6.42. The maximum atomic E-state index is 10.6. The lowest BCUT2D eigenvalue weighted by molar-refractivity contribution is -0.247. The molecule has 4 bridgehead atoms. The Labute approximate surface area is 104 Å². The number of aliphatic hydroxyl groups is 3. The van der Waals surface area contributed by atoms with Crippen molar-refractivity contribution in [1.29, 1.82) is 0 Å². The lowest BCUT2D eigenvalue weighted by Crippen LogP contribution is -2.78. The molecule has 0 aromatic rings. The van der Waals surface area contributed by atoms with E-state index in [1.54, 1.807) is 0 Å². The molecule has 3 nitrogen and oxygen atoms in total. The van der Waals surface area contributed by atoms with E-state index in [0.29, 0.717) is 8.58 Å². The van der Waals surface area contributed by atoms with Gasteiger partial charge in [-0.15, -0.1) is 8.58 Å². The van der Waals surface area contributed by atoms with Crippen molar-refractivity contribution in [1.82, 2.24) is 0 Å². The minimum atomic E-state index is -0.605. The first kappa shape index (κ1) is 12.3. The summed E-state index contributed by atoms with van der Waals surface area (Å²) in [6, 6.07) is 0. The van der Waals surface area contributed by atoms with Crippen LogP contribution in [0.1, 0.15) is 40.5 Å². The predicted molar refractivity (Wildman–Crippen MR) is 68.6 cm³/mol. The fourth-order valence-electron chi connectivity index (χ4n) is 5.55. The summed E-state index contributed by atoms with van der Waals surface area (Å²) in [4.78, 5) is 0. The first-order chi connectivity index (χ1) is 7.59. The van der Waals surface area contributed by atoms with Crippen LogP contribution in [0.4, 0.5) is 0 Å². The third kappa shape index (κ3) is 1.13. The van der Waals surface area contributed by atoms with Crippen LogP contribution in [-0.2, 0) is 0 Å². The maximum Gasteiger partial charge on any atom is 0.0709 e. The molecule has 17 heavy (non-hydrogen) atoms. The van der Waals surface area contributed by atoms with E-state index < -0.39 is 29.1 Å². The van der Waals surface area contributed by atoms with Crippen molar-refractivity contribution in [2.45, 2.75) is 69.2 Å². The van der Waals surface area contributed by atoms with E-state index in [4.69, 9.17) is 0 Å². The quantitative estimate of drug-likeness (QED) is 0.570. The summed E-state index contributed by atoms with van der Waals surface area (Å²) in [6.07, 6.45) is -0.0412. The van der Waals surface area contributed by atoms with E-state index in [2.05, 4.69) is 13.8 Å². The Morgan fingerprint density at radius 3 is 1.47 bits per heavy atom. The van der Waals surface area contributed by atoms with Crippen LogP contribution in [0.3, 0.4) is 0 Å². The molecule has 2 aliphatic carbocycles. The Hall–Kier alpha value is 0.310. The summed E-state index contributed by atoms with van der Waals surface area (Å²) in [5.41, 5.74) is -0.915. The number of rotatable bonds is 0. The van der Waals surface area contributed by atoms with Crippen molar-refractivity contribution in [2.75, 3.05) is 0 Å². The van der Waals surface area contributed by atoms with Crippen molar-refractivity contribution >= 4 is 8.58 Å². The van der Waals surface area contributed by atoms with Gasteiger partial charge in [0.25, 0.3) is 0 Å². The average molecular weight is 258 g/mol. The molecule has 0 radical (unpaired) electrons. The van der Waals surface area contributed by atoms with Gasteiger partial charge in [0.2, 0.25) is 0 Å². The Bertz CT molecular complexity index is 355. The van der Waals surface area contributed by atoms with Crippen LogP contribution in [0.25, 0.3) is 0 Å². The SMILES string of the molecule is CC12CC3(C)C(O)C(C)(CC(C)(C1O)C3O)P2. The van der Waals surface area contributed by atoms with E-state index in [0.717, 1.165) is 12.8 Å². The highest BCUT2D eigenvalue weighted by Crippen LogP contribution is 2.75. The molecule has 4 aliphatic rings. The van der Waals surface area contributed by atoms with Gasteiger partial charge in [-0.25, -0.2) is 0 Å². The molecular weight excluding hydrogens is 235 g/mol. The van der Waals surface area contributed by atoms with Gasteiger partial charge in [0.15, 0.2) is 0 Å². The van der Waals surface area contributed by atoms with E-state index in [1.807, 2.05) is 13.8 Å². The molecule has 6 unspecified atom stereocenters. The lowest BCUT2D eigenvalue weighted by Gasteiger charge is -2.73. The first-order valence-corrected chi connectivity index (χ1v) is 7.42. The van der Waals surface area contributed by atoms with Crippen molar-refractivity contribution in [3.05, 3.63) is 0 Å². The van der Waals surface area contributed by atoms with Gasteiger partial charge in [-0.2, -0.15) is 0 Å². The van der Waals surface area contributed by atoms with Gasteiger partial charge < -0.3 is 15.3 Å². The van der Waals surface area contributed by atoms with Gasteiger partial charge >= 0.3 is 0 Å². The number of hydrogen-bond donors (Lipinski definition) is 3. The summed E-state index contributed by atoms with van der Waals surface area (Å²) in [6.45, 7) is 8.24. The number of aliphatic hydroxyl groups excluding tert-OH is 3. The fourth-order valence-corrected chi connectivity index (χ4v) is 8.72. The van der Waals surface area contributed by atoms with E-state index >= 15 is 0 Å². The average Bonchev–Trinajstić information content (AvgIpc) is 2.20. The number of hydrogen-bond acceptors (Lipinski definition) is 3.